The topological polar surface area (TPSA) is 93.1 Å². The fraction of sp³-hybridized carbons (Fsp3) is 0.273. The summed E-state index contributed by atoms with van der Waals surface area (Å²) in [5.74, 6) is -0.468. The number of amides is 2. The average molecular weight is 392 g/mol. The number of hydrogen-bond acceptors (Lipinski definition) is 4. The maximum absolute atomic E-state index is 13.0. The molecule has 1 heterocycles. The molecule has 0 aliphatic rings. The van der Waals surface area contributed by atoms with Crippen molar-refractivity contribution in [2.75, 3.05) is 12.4 Å². The molecule has 1 aromatic heterocycles. The second-order valence-corrected chi connectivity index (χ2v) is 7.04. The molecule has 2 aromatic carbocycles. The third-order valence-corrected chi connectivity index (χ3v) is 4.59. The number of benzene rings is 2. The van der Waals surface area contributed by atoms with E-state index < -0.39 is 0 Å². The highest BCUT2D eigenvalue weighted by atomic mass is 16.2. The van der Waals surface area contributed by atoms with E-state index in [1.165, 1.54) is 4.57 Å². The van der Waals surface area contributed by atoms with Gasteiger partial charge in [0.15, 0.2) is 0 Å². The Bertz CT molecular complexity index is 1110. The number of nitrogens with zero attached hydrogens (tertiary/aromatic N) is 2. The van der Waals surface area contributed by atoms with Gasteiger partial charge < -0.3 is 10.6 Å². The third-order valence-electron chi connectivity index (χ3n) is 4.59. The lowest BCUT2D eigenvalue weighted by atomic mass is 10.1. The first kappa shape index (κ1) is 20.3. The summed E-state index contributed by atoms with van der Waals surface area (Å²) in [7, 11) is 1.55. The van der Waals surface area contributed by atoms with Crippen LogP contribution in [0.1, 0.15) is 23.2 Å². The molecule has 7 heteroatoms. The van der Waals surface area contributed by atoms with Gasteiger partial charge in [-0.25, -0.2) is 4.98 Å². The summed E-state index contributed by atoms with van der Waals surface area (Å²) in [6, 6.07) is 13.0. The largest absolute Gasteiger partial charge is 0.359 e. The molecule has 2 N–H and O–H groups in total. The average Bonchev–Trinajstić information content (AvgIpc) is 2.67. The van der Waals surface area contributed by atoms with Crippen molar-refractivity contribution < 1.29 is 9.59 Å². The zero-order valence-electron chi connectivity index (χ0n) is 16.8. The van der Waals surface area contributed by atoms with Crippen molar-refractivity contribution in [1.82, 2.24) is 14.9 Å². The van der Waals surface area contributed by atoms with Gasteiger partial charge in [0.05, 0.1) is 11.0 Å². The van der Waals surface area contributed by atoms with E-state index in [1.807, 2.05) is 38.1 Å². The summed E-state index contributed by atoms with van der Waals surface area (Å²) in [4.78, 5) is 41.6. The van der Waals surface area contributed by atoms with Gasteiger partial charge in [-0.2, -0.15) is 0 Å². The monoisotopic (exact) mass is 392 g/mol. The van der Waals surface area contributed by atoms with E-state index in [2.05, 4.69) is 15.6 Å². The van der Waals surface area contributed by atoms with E-state index in [-0.39, 0.29) is 42.5 Å². The van der Waals surface area contributed by atoms with Gasteiger partial charge in [-0.05, 0) is 49.2 Å². The first-order chi connectivity index (χ1) is 13.9. The second kappa shape index (κ2) is 8.68. The van der Waals surface area contributed by atoms with E-state index >= 15 is 0 Å². The van der Waals surface area contributed by atoms with Crippen LogP contribution in [0.4, 0.5) is 5.69 Å². The van der Waals surface area contributed by atoms with Crippen LogP contribution in [-0.4, -0.2) is 28.4 Å². The predicted octanol–water partition coefficient (Wildman–Crippen LogP) is 2.33. The highest BCUT2D eigenvalue weighted by Gasteiger charge is 2.15. The molecule has 0 unspecified atom stereocenters. The predicted molar refractivity (Wildman–Crippen MR) is 113 cm³/mol. The Hall–Kier alpha value is -3.48. The van der Waals surface area contributed by atoms with Crippen LogP contribution in [0.15, 0.2) is 47.3 Å². The molecule has 150 valence electrons. The first-order valence-electron chi connectivity index (χ1n) is 9.44. The number of anilines is 1. The number of hydrogen-bond donors (Lipinski definition) is 2. The van der Waals surface area contributed by atoms with Crippen LogP contribution in [0.5, 0.6) is 0 Å². The molecule has 7 nitrogen and oxygen atoms in total. The molecular formula is C22H24N4O3. The van der Waals surface area contributed by atoms with Crippen molar-refractivity contribution >= 4 is 28.5 Å². The number of fused-ring (bicyclic) bond motifs is 1. The van der Waals surface area contributed by atoms with Crippen LogP contribution < -0.4 is 16.2 Å². The van der Waals surface area contributed by atoms with Crippen LogP contribution in [0.25, 0.3) is 11.0 Å². The Kier molecular flexibility index (Phi) is 6.07. The minimum absolute atomic E-state index is 0.137. The highest BCUT2D eigenvalue weighted by molar-refractivity contribution is 5.91. The van der Waals surface area contributed by atoms with Gasteiger partial charge >= 0.3 is 0 Å². The van der Waals surface area contributed by atoms with E-state index in [0.29, 0.717) is 16.7 Å². The molecular weight excluding hydrogens is 368 g/mol. The fourth-order valence-corrected chi connectivity index (χ4v) is 3.31. The van der Waals surface area contributed by atoms with Gasteiger partial charge in [0.1, 0.15) is 12.2 Å². The summed E-state index contributed by atoms with van der Waals surface area (Å²) in [6.45, 7) is 3.78. The van der Waals surface area contributed by atoms with Gasteiger partial charge in [0.25, 0.3) is 5.56 Å². The quantitative estimate of drug-likeness (QED) is 0.673. The second-order valence-electron chi connectivity index (χ2n) is 7.04. The molecule has 0 spiro atoms. The van der Waals surface area contributed by atoms with Crippen LogP contribution in [0.2, 0.25) is 0 Å². The Labute approximate surface area is 168 Å². The van der Waals surface area contributed by atoms with E-state index in [4.69, 9.17) is 0 Å². The van der Waals surface area contributed by atoms with E-state index in [0.717, 1.165) is 11.1 Å². The van der Waals surface area contributed by atoms with Crippen LogP contribution >= 0.6 is 0 Å². The van der Waals surface area contributed by atoms with Crippen molar-refractivity contribution in [3.63, 3.8) is 0 Å². The molecule has 0 saturated heterocycles. The Balaban J connectivity index is 1.92. The van der Waals surface area contributed by atoms with E-state index in [1.54, 1.807) is 25.2 Å². The van der Waals surface area contributed by atoms with Gasteiger partial charge in [0.2, 0.25) is 11.8 Å². The number of aryl methyl sites for hydroxylation is 3. The summed E-state index contributed by atoms with van der Waals surface area (Å²) in [5.41, 5.74) is 3.88. The number of para-hydroxylation sites is 2. The molecule has 0 atom stereocenters. The summed E-state index contributed by atoms with van der Waals surface area (Å²) >= 11 is 0. The molecule has 29 heavy (non-hydrogen) atoms. The smallest absolute Gasteiger partial charge is 0.273 e. The number of aromatic nitrogens is 2. The Morgan fingerprint density at radius 3 is 2.41 bits per heavy atom. The maximum atomic E-state index is 13.0. The molecule has 0 aliphatic carbocycles. The Morgan fingerprint density at radius 2 is 1.72 bits per heavy atom. The lowest BCUT2D eigenvalue weighted by Gasteiger charge is -2.13. The molecule has 0 fully saturated rings. The minimum Gasteiger partial charge on any atom is -0.359 e. The summed E-state index contributed by atoms with van der Waals surface area (Å²) in [5, 5.41) is 5.39. The number of nitrogens with one attached hydrogen (secondary N) is 2. The molecule has 2 amide bonds. The maximum Gasteiger partial charge on any atom is 0.273 e. The number of rotatable bonds is 6. The van der Waals surface area contributed by atoms with Gasteiger partial charge in [-0.3, -0.25) is 19.0 Å². The Morgan fingerprint density at radius 1 is 1.03 bits per heavy atom. The fourth-order valence-electron chi connectivity index (χ4n) is 3.31. The van der Waals surface area contributed by atoms with Crippen LogP contribution in [0, 0.1) is 13.8 Å². The normalized spacial score (nSPS) is 10.7. The van der Waals surface area contributed by atoms with Gasteiger partial charge in [-0.15, -0.1) is 0 Å². The van der Waals surface area contributed by atoms with Crippen LogP contribution in [-0.2, 0) is 22.6 Å². The molecule has 0 bridgehead atoms. The van der Waals surface area contributed by atoms with Gasteiger partial charge in [-0.1, -0.05) is 18.2 Å². The SMILES string of the molecule is CNC(=O)CCc1nc2ccccc2n(CC(=O)Nc2cc(C)cc(C)c2)c1=O. The van der Waals surface area contributed by atoms with Gasteiger partial charge in [0, 0.05) is 25.6 Å². The van der Waals surface area contributed by atoms with Crippen molar-refractivity contribution in [3.8, 4) is 0 Å². The van der Waals surface area contributed by atoms with Crippen molar-refractivity contribution in [2.24, 2.45) is 0 Å². The molecule has 0 saturated carbocycles. The zero-order valence-corrected chi connectivity index (χ0v) is 16.8. The standard InChI is InChI=1S/C22H24N4O3/c1-14-10-15(2)12-16(11-14)24-21(28)13-26-19-7-5-4-6-17(19)25-18(22(26)29)8-9-20(27)23-3/h4-7,10-12H,8-9,13H2,1-3H3,(H,23,27)(H,24,28). The minimum atomic E-state index is -0.358. The highest BCUT2D eigenvalue weighted by Crippen LogP contribution is 2.15. The lowest BCUT2D eigenvalue weighted by Crippen LogP contribution is -2.31. The molecule has 0 aliphatic heterocycles. The molecule has 3 rings (SSSR count). The number of carbonyl (C=O) groups is 2. The van der Waals surface area contributed by atoms with E-state index in [9.17, 15) is 14.4 Å². The lowest BCUT2D eigenvalue weighted by molar-refractivity contribution is -0.120. The van der Waals surface area contributed by atoms with Crippen molar-refractivity contribution in [3.05, 3.63) is 69.6 Å². The zero-order chi connectivity index (χ0) is 21.0. The summed E-state index contributed by atoms with van der Waals surface area (Å²) in [6.07, 6.45) is 0.369. The summed E-state index contributed by atoms with van der Waals surface area (Å²) < 4.78 is 1.42. The van der Waals surface area contributed by atoms with Crippen molar-refractivity contribution in [1.29, 1.82) is 0 Å². The molecule has 0 radical (unpaired) electrons. The third kappa shape index (κ3) is 4.87. The first-order valence-corrected chi connectivity index (χ1v) is 9.44. The van der Waals surface area contributed by atoms with Crippen molar-refractivity contribution in [2.45, 2.75) is 33.2 Å². The molecule has 3 aromatic rings. The number of carbonyl (C=O) groups excluding carboxylic acids is 2. The van der Waals surface area contributed by atoms with Crippen LogP contribution in [0.3, 0.4) is 0 Å².